The molecule has 0 bridgehead atoms. The van der Waals surface area contributed by atoms with Gasteiger partial charge in [-0.2, -0.15) is 0 Å². The van der Waals surface area contributed by atoms with Crippen molar-refractivity contribution in [3.05, 3.63) is 29.3 Å². The number of ether oxygens (including phenoxy) is 1. The number of nitrogens with one attached hydrogen (secondary N) is 1. The summed E-state index contributed by atoms with van der Waals surface area (Å²) in [6.45, 7) is 8.44. The Bertz CT molecular complexity index is 516. The molecule has 2 rings (SSSR count). The number of thioether (sulfide) groups is 1. The van der Waals surface area contributed by atoms with Gasteiger partial charge in [-0.3, -0.25) is 9.69 Å². The molecule has 0 unspecified atom stereocenters. The van der Waals surface area contributed by atoms with Crippen molar-refractivity contribution >= 4 is 29.3 Å². The van der Waals surface area contributed by atoms with Crippen LogP contribution in [0.2, 0.25) is 5.02 Å². The van der Waals surface area contributed by atoms with Crippen LogP contribution in [0.25, 0.3) is 0 Å². The van der Waals surface area contributed by atoms with Crippen LogP contribution in [0.4, 0.5) is 0 Å². The fourth-order valence-electron chi connectivity index (χ4n) is 2.64. The Hall–Kier alpha value is -0.750. The lowest BCUT2D eigenvalue weighted by atomic mass is 10.0. The average Bonchev–Trinajstić information content (AvgIpc) is 2.59. The molecule has 1 fully saturated rings. The minimum Gasteiger partial charge on any atom is -0.379 e. The molecule has 0 atom stereocenters. The first-order valence-corrected chi connectivity index (χ1v) is 9.81. The molecule has 1 aromatic rings. The summed E-state index contributed by atoms with van der Waals surface area (Å²) in [7, 11) is 0. The van der Waals surface area contributed by atoms with E-state index in [2.05, 4.69) is 24.1 Å². The second kappa shape index (κ2) is 9.66. The molecular formula is C18H27ClN2O2S. The van der Waals surface area contributed by atoms with Crippen molar-refractivity contribution in [2.75, 3.05) is 38.6 Å². The molecule has 1 N–H and O–H groups in total. The van der Waals surface area contributed by atoms with Gasteiger partial charge in [-0.1, -0.05) is 11.6 Å². The standard InChI is InChI=1S/C18H27ClN2O2S/c1-18(2,21-9-11-23-12-10-21)14-20-17(22)4-3-13-24-16-7-5-15(19)6-8-16/h5-8H,3-4,9-14H2,1-2H3,(H,20,22). The van der Waals surface area contributed by atoms with Crippen LogP contribution in [-0.2, 0) is 9.53 Å². The minimum absolute atomic E-state index is 0.0303. The number of hydrogen-bond donors (Lipinski definition) is 1. The summed E-state index contributed by atoms with van der Waals surface area (Å²) in [4.78, 5) is 15.6. The summed E-state index contributed by atoms with van der Waals surface area (Å²) in [6.07, 6.45) is 1.44. The molecule has 0 spiro atoms. The number of carbonyl (C=O) groups is 1. The zero-order valence-electron chi connectivity index (χ0n) is 14.5. The van der Waals surface area contributed by atoms with Gasteiger partial charge in [0.2, 0.25) is 5.91 Å². The highest BCUT2D eigenvalue weighted by Gasteiger charge is 2.28. The third-order valence-electron chi connectivity index (χ3n) is 4.22. The number of hydrogen-bond acceptors (Lipinski definition) is 4. The Morgan fingerprint density at radius 1 is 1.29 bits per heavy atom. The number of morpholine rings is 1. The van der Waals surface area contributed by atoms with E-state index in [-0.39, 0.29) is 11.4 Å². The number of amides is 1. The Kier molecular flexibility index (Phi) is 7.88. The Morgan fingerprint density at radius 2 is 1.96 bits per heavy atom. The topological polar surface area (TPSA) is 41.6 Å². The third kappa shape index (κ3) is 6.63. The van der Waals surface area contributed by atoms with Gasteiger partial charge >= 0.3 is 0 Å². The van der Waals surface area contributed by atoms with E-state index in [4.69, 9.17) is 16.3 Å². The Morgan fingerprint density at radius 3 is 2.62 bits per heavy atom. The van der Waals surface area contributed by atoms with Gasteiger partial charge in [0, 0.05) is 41.5 Å². The lowest BCUT2D eigenvalue weighted by Crippen LogP contribution is -2.55. The van der Waals surface area contributed by atoms with Gasteiger partial charge in [0.05, 0.1) is 13.2 Å². The molecule has 6 heteroatoms. The molecule has 1 amide bonds. The van der Waals surface area contributed by atoms with Crippen LogP contribution in [0, 0.1) is 0 Å². The quantitative estimate of drug-likeness (QED) is 0.562. The lowest BCUT2D eigenvalue weighted by molar-refractivity contribution is -0.121. The first-order chi connectivity index (χ1) is 11.5. The molecule has 0 aromatic heterocycles. The van der Waals surface area contributed by atoms with Gasteiger partial charge in [-0.25, -0.2) is 0 Å². The SMILES string of the molecule is CC(C)(CNC(=O)CCCSc1ccc(Cl)cc1)N1CCOCC1. The molecule has 0 radical (unpaired) electrons. The second-order valence-electron chi connectivity index (χ2n) is 6.59. The van der Waals surface area contributed by atoms with Crippen LogP contribution in [0.1, 0.15) is 26.7 Å². The van der Waals surface area contributed by atoms with E-state index >= 15 is 0 Å². The zero-order valence-corrected chi connectivity index (χ0v) is 16.1. The normalized spacial score (nSPS) is 16.1. The van der Waals surface area contributed by atoms with Crippen molar-refractivity contribution in [3.63, 3.8) is 0 Å². The van der Waals surface area contributed by atoms with E-state index in [0.29, 0.717) is 13.0 Å². The number of halogens is 1. The average molecular weight is 371 g/mol. The number of carbonyl (C=O) groups excluding carboxylic acids is 1. The van der Waals surface area contributed by atoms with Crippen LogP contribution < -0.4 is 5.32 Å². The monoisotopic (exact) mass is 370 g/mol. The molecule has 4 nitrogen and oxygen atoms in total. The lowest BCUT2D eigenvalue weighted by Gasteiger charge is -2.40. The second-order valence-corrected chi connectivity index (χ2v) is 8.20. The highest BCUT2D eigenvalue weighted by molar-refractivity contribution is 7.99. The number of benzene rings is 1. The van der Waals surface area contributed by atoms with Crippen LogP contribution in [-0.4, -0.2) is 54.9 Å². The third-order valence-corrected chi connectivity index (χ3v) is 5.57. The molecule has 1 aromatic carbocycles. The van der Waals surface area contributed by atoms with Crippen molar-refractivity contribution in [2.45, 2.75) is 37.1 Å². The summed E-state index contributed by atoms with van der Waals surface area (Å²) in [5.74, 6) is 1.06. The highest BCUT2D eigenvalue weighted by atomic mass is 35.5. The first kappa shape index (κ1) is 19.6. The van der Waals surface area contributed by atoms with Crippen molar-refractivity contribution in [1.82, 2.24) is 10.2 Å². The van der Waals surface area contributed by atoms with Crippen LogP contribution in [0.5, 0.6) is 0 Å². The van der Waals surface area contributed by atoms with E-state index < -0.39 is 0 Å². The smallest absolute Gasteiger partial charge is 0.220 e. The van der Waals surface area contributed by atoms with Gasteiger partial charge in [0.25, 0.3) is 0 Å². The summed E-state index contributed by atoms with van der Waals surface area (Å²) in [6, 6.07) is 7.81. The molecule has 1 saturated heterocycles. The van der Waals surface area contributed by atoms with Crippen molar-refractivity contribution in [2.24, 2.45) is 0 Å². The molecular weight excluding hydrogens is 344 g/mol. The van der Waals surface area contributed by atoms with Crippen molar-refractivity contribution < 1.29 is 9.53 Å². The van der Waals surface area contributed by atoms with Gasteiger partial charge in [0.15, 0.2) is 0 Å². The molecule has 0 aliphatic carbocycles. The molecule has 1 aliphatic rings. The van der Waals surface area contributed by atoms with Crippen molar-refractivity contribution in [3.8, 4) is 0 Å². The molecule has 134 valence electrons. The Labute approximate surface area is 154 Å². The van der Waals surface area contributed by atoms with Crippen molar-refractivity contribution in [1.29, 1.82) is 0 Å². The fourth-order valence-corrected chi connectivity index (χ4v) is 3.62. The Balaban J connectivity index is 1.61. The van der Waals surface area contributed by atoms with Crippen LogP contribution in [0.15, 0.2) is 29.2 Å². The van der Waals surface area contributed by atoms with Gasteiger partial charge in [-0.15, -0.1) is 11.8 Å². The molecule has 24 heavy (non-hydrogen) atoms. The maximum atomic E-state index is 12.0. The van der Waals surface area contributed by atoms with Crippen LogP contribution in [0.3, 0.4) is 0 Å². The largest absolute Gasteiger partial charge is 0.379 e. The van der Waals surface area contributed by atoms with E-state index in [1.807, 2.05) is 24.3 Å². The molecule has 1 aliphatic heterocycles. The summed E-state index contributed by atoms with van der Waals surface area (Å²) >= 11 is 7.63. The maximum absolute atomic E-state index is 12.0. The highest BCUT2D eigenvalue weighted by Crippen LogP contribution is 2.21. The van der Waals surface area contributed by atoms with Gasteiger partial charge in [-0.05, 0) is 50.3 Å². The van der Waals surface area contributed by atoms with E-state index in [0.717, 1.165) is 43.5 Å². The molecule has 1 heterocycles. The molecule has 0 saturated carbocycles. The summed E-state index contributed by atoms with van der Waals surface area (Å²) < 4.78 is 5.39. The predicted octanol–water partition coefficient (Wildman–Crippen LogP) is 3.44. The summed E-state index contributed by atoms with van der Waals surface area (Å²) in [5.41, 5.74) is -0.0303. The summed E-state index contributed by atoms with van der Waals surface area (Å²) in [5, 5.41) is 3.83. The number of nitrogens with zero attached hydrogens (tertiary/aromatic N) is 1. The first-order valence-electron chi connectivity index (χ1n) is 8.45. The fraction of sp³-hybridized carbons (Fsp3) is 0.611. The zero-order chi connectivity index (χ0) is 17.4. The maximum Gasteiger partial charge on any atom is 0.220 e. The number of rotatable bonds is 8. The predicted molar refractivity (Wildman–Crippen MR) is 101 cm³/mol. The van der Waals surface area contributed by atoms with Gasteiger partial charge in [0.1, 0.15) is 0 Å². The minimum atomic E-state index is -0.0303. The van der Waals surface area contributed by atoms with E-state index in [9.17, 15) is 4.79 Å². The van der Waals surface area contributed by atoms with Gasteiger partial charge < -0.3 is 10.1 Å². The van der Waals surface area contributed by atoms with E-state index in [1.165, 1.54) is 4.90 Å². The van der Waals surface area contributed by atoms with E-state index in [1.54, 1.807) is 11.8 Å². The van der Waals surface area contributed by atoms with Crippen LogP contribution >= 0.6 is 23.4 Å².